The summed E-state index contributed by atoms with van der Waals surface area (Å²) in [6.07, 6.45) is 7.40. The highest BCUT2D eigenvalue weighted by atomic mass is 16.2. The molecule has 7 heteroatoms. The van der Waals surface area contributed by atoms with Crippen LogP contribution in [0.5, 0.6) is 0 Å². The highest BCUT2D eigenvalue weighted by molar-refractivity contribution is 6.05. The van der Waals surface area contributed by atoms with Crippen LogP contribution in [-0.4, -0.2) is 34.6 Å². The number of fused-ring (bicyclic) bond motifs is 1. The molecule has 30 heavy (non-hydrogen) atoms. The zero-order valence-corrected chi connectivity index (χ0v) is 17.6. The third-order valence-corrected chi connectivity index (χ3v) is 6.20. The smallest absolute Gasteiger partial charge is 0.255 e. The van der Waals surface area contributed by atoms with Crippen LogP contribution in [0.15, 0.2) is 18.2 Å². The molecule has 0 bridgehead atoms. The second kappa shape index (κ2) is 9.87. The normalized spacial score (nSPS) is 19.6. The van der Waals surface area contributed by atoms with E-state index in [2.05, 4.69) is 12.2 Å². The van der Waals surface area contributed by atoms with Gasteiger partial charge in [-0.3, -0.25) is 24.5 Å². The molecule has 0 aliphatic carbocycles. The molecular formula is C23H31N3O4. The van der Waals surface area contributed by atoms with E-state index in [1.54, 1.807) is 11.0 Å². The largest absolute Gasteiger partial charge is 0.369 e. The van der Waals surface area contributed by atoms with Gasteiger partial charge in [-0.15, -0.1) is 0 Å². The van der Waals surface area contributed by atoms with Crippen LogP contribution in [0.4, 0.5) is 0 Å². The summed E-state index contributed by atoms with van der Waals surface area (Å²) in [6.45, 7) is 2.49. The first-order chi connectivity index (χ1) is 14.4. The summed E-state index contributed by atoms with van der Waals surface area (Å²) in [5.41, 5.74) is 8.05. The molecule has 0 aromatic heterocycles. The van der Waals surface area contributed by atoms with E-state index in [4.69, 9.17) is 5.73 Å². The zero-order valence-electron chi connectivity index (χ0n) is 17.6. The Kier molecular flexibility index (Phi) is 7.24. The first kappa shape index (κ1) is 22.0. The molecule has 2 unspecified atom stereocenters. The van der Waals surface area contributed by atoms with Gasteiger partial charge in [-0.05, 0) is 36.5 Å². The Morgan fingerprint density at radius 1 is 1.20 bits per heavy atom. The van der Waals surface area contributed by atoms with E-state index in [1.165, 1.54) is 12.8 Å². The fraction of sp³-hybridized carbons (Fsp3) is 0.565. The number of imide groups is 1. The molecule has 2 aliphatic heterocycles. The van der Waals surface area contributed by atoms with E-state index in [9.17, 15) is 19.2 Å². The lowest BCUT2D eigenvalue weighted by Crippen LogP contribution is -2.52. The minimum Gasteiger partial charge on any atom is -0.369 e. The number of carbonyl (C=O) groups is 4. The lowest BCUT2D eigenvalue weighted by atomic mass is 9.89. The Bertz CT molecular complexity index is 836. The topological polar surface area (TPSA) is 110 Å². The molecule has 1 saturated heterocycles. The number of nitrogens with one attached hydrogen (secondary N) is 1. The van der Waals surface area contributed by atoms with Gasteiger partial charge in [0.15, 0.2) is 0 Å². The van der Waals surface area contributed by atoms with Crippen molar-refractivity contribution in [3.63, 3.8) is 0 Å². The molecule has 1 aromatic carbocycles. The Labute approximate surface area is 177 Å². The molecule has 162 valence electrons. The average Bonchev–Trinajstić information content (AvgIpc) is 3.04. The van der Waals surface area contributed by atoms with Crippen molar-refractivity contribution < 1.29 is 19.2 Å². The summed E-state index contributed by atoms with van der Waals surface area (Å²) >= 11 is 0. The van der Waals surface area contributed by atoms with Crippen molar-refractivity contribution in [1.82, 2.24) is 10.2 Å². The van der Waals surface area contributed by atoms with Gasteiger partial charge < -0.3 is 10.6 Å². The predicted molar refractivity (Wildman–Crippen MR) is 112 cm³/mol. The Morgan fingerprint density at radius 3 is 2.67 bits per heavy atom. The van der Waals surface area contributed by atoms with E-state index in [-0.39, 0.29) is 30.1 Å². The summed E-state index contributed by atoms with van der Waals surface area (Å²) in [4.78, 5) is 50.2. The third-order valence-electron chi connectivity index (χ3n) is 6.20. The maximum absolute atomic E-state index is 12.9. The van der Waals surface area contributed by atoms with Crippen molar-refractivity contribution in [3.8, 4) is 0 Å². The van der Waals surface area contributed by atoms with Gasteiger partial charge in [0.05, 0.1) is 0 Å². The van der Waals surface area contributed by atoms with Crippen molar-refractivity contribution in [2.45, 2.75) is 77.3 Å². The standard InChI is InChI=1S/C23H31N3O4/c1-2-3-4-5-6-8-16(21(24)28)13-15-9-7-10-17-18(15)14-26(23(17)30)19-11-12-20(27)25-22(19)29/h7,9-10,16,19H,2-6,8,11-14H2,1H3,(H2,24,28)(H,25,27,29). The lowest BCUT2D eigenvalue weighted by molar-refractivity contribution is -0.137. The number of piperidine rings is 1. The number of nitrogens with zero attached hydrogens (tertiary/aromatic N) is 1. The van der Waals surface area contributed by atoms with Crippen LogP contribution < -0.4 is 11.1 Å². The van der Waals surface area contributed by atoms with Gasteiger partial charge in [-0.25, -0.2) is 0 Å². The molecule has 3 rings (SSSR count). The summed E-state index contributed by atoms with van der Waals surface area (Å²) < 4.78 is 0. The summed E-state index contributed by atoms with van der Waals surface area (Å²) in [5.74, 6) is -1.50. The molecule has 2 atom stereocenters. The molecule has 0 saturated carbocycles. The number of amides is 4. The van der Waals surface area contributed by atoms with Gasteiger partial charge in [0, 0.05) is 24.4 Å². The Hall–Kier alpha value is -2.70. The van der Waals surface area contributed by atoms with E-state index in [0.29, 0.717) is 24.9 Å². The van der Waals surface area contributed by atoms with Gasteiger partial charge in [0.2, 0.25) is 17.7 Å². The van der Waals surface area contributed by atoms with Crippen LogP contribution in [0, 0.1) is 5.92 Å². The number of rotatable bonds is 10. The van der Waals surface area contributed by atoms with Crippen molar-refractivity contribution >= 4 is 23.6 Å². The number of primary amides is 1. The van der Waals surface area contributed by atoms with Crippen LogP contribution in [0.25, 0.3) is 0 Å². The summed E-state index contributed by atoms with van der Waals surface area (Å²) in [6, 6.07) is 4.88. The molecule has 1 fully saturated rings. The van der Waals surface area contributed by atoms with Crippen LogP contribution >= 0.6 is 0 Å². The maximum atomic E-state index is 12.9. The molecule has 7 nitrogen and oxygen atoms in total. The Morgan fingerprint density at radius 2 is 1.97 bits per heavy atom. The third kappa shape index (κ3) is 4.89. The average molecular weight is 414 g/mol. The van der Waals surface area contributed by atoms with Crippen molar-refractivity contribution in [2.75, 3.05) is 0 Å². The number of nitrogens with two attached hydrogens (primary N) is 1. The van der Waals surface area contributed by atoms with Crippen molar-refractivity contribution in [3.05, 3.63) is 34.9 Å². The molecule has 4 amide bonds. The predicted octanol–water partition coefficient (Wildman–Crippen LogP) is 2.45. The van der Waals surface area contributed by atoms with E-state index < -0.39 is 11.9 Å². The summed E-state index contributed by atoms with van der Waals surface area (Å²) in [7, 11) is 0. The second-order valence-electron chi connectivity index (χ2n) is 8.35. The molecule has 2 aliphatic rings. The van der Waals surface area contributed by atoms with Crippen LogP contribution in [0.1, 0.15) is 79.8 Å². The van der Waals surface area contributed by atoms with E-state index in [1.807, 2.05) is 12.1 Å². The van der Waals surface area contributed by atoms with Gasteiger partial charge in [0.1, 0.15) is 6.04 Å². The van der Waals surface area contributed by atoms with Gasteiger partial charge in [-0.2, -0.15) is 0 Å². The fourth-order valence-electron chi connectivity index (χ4n) is 4.45. The molecular weight excluding hydrogens is 382 g/mol. The van der Waals surface area contributed by atoms with E-state index >= 15 is 0 Å². The number of benzene rings is 1. The van der Waals surface area contributed by atoms with Crippen LogP contribution in [-0.2, 0) is 27.3 Å². The number of hydrogen-bond acceptors (Lipinski definition) is 4. The highest BCUT2D eigenvalue weighted by Crippen LogP contribution is 2.31. The number of carbonyl (C=O) groups excluding carboxylic acids is 4. The SMILES string of the molecule is CCCCCCCC(Cc1cccc2c1CN(C1CCC(=O)NC1=O)C2=O)C(N)=O. The summed E-state index contributed by atoms with van der Waals surface area (Å²) in [5, 5.41) is 2.32. The number of hydrogen-bond donors (Lipinski definition) is 2. The molecule has 3 N–H and O–H groups in total. The van der Waals surface area contributed by atoms with Crippen molar-refractivity contribution in [1.29, 1.82) is 0 Å². The molecule has 0 radical (unpaired) electrons. The highest BCUT2D eigenvalue weighted by Gasteiger charge is 2.39. The maximum Gasteiger partial charge on any atom is 0.255 e. The van der Waals surface area contributed by atoms with E-state index in [0.717, 1.165) is 36.8 Å². The van der Waals surface area contributed by atoms with Gasteiger partial charge in [0.25, 0.3) is 5.91 Å². The first-order valence-electron chi connectivity index (χ1n) is 11.0. The van der Waals surface area contributed by atoms with Crippen LogP contribution in [0.2, 0.25) is 0 Å². The quantitative estimate of drug-likeness (QED) is 0.453. The minimum absolute atomic E-state index is 0.198. The zero-order chi connectivity index (χ0) is 21.7. The van der Waals surface area contributed by atoms with Gasteiger partial charge in [-0.1, -0.05) is 51.2 Å². The molecule has 0 spiro atoms. The second-order valence-corrected chi connectivity index (χ2v) is 8.35. The Balaban J connectivity index is 1.71. The minimum atomic E-state index is -0.638. The fourth-order valence-corrected chi connectivity index (χ4v) is 4.45. The van der Waals surface area contributed by atoms with Crippen molar-refractivity contribution in [2.24, 2.45) is 11.7 Å². The monoisotopic (exact) mass is 413 g/mol. The molecule has 1 aromatic rings. The van der Waals surface area contributed by atoms with Gasteiger partial charge >= 0.3 is 0 Å². The lowest BCUT2D eigenvalue weighted by Gasteiger charge is -2.29. The van der Waals surface area contributed by atoms with Crippen LogP contribution in [0.3, 0.4) is 0 Å². The molecule has 2 heterocycles. The first-order valence-corrected chi connectivity index (χ1v) is 11.0. The number of unbranched alkanes of at least 4 members (excludes halogenated alkanes) is 4.